The Morgan fingerprint density at radius 3 is 2.08 bits per heavy atom. The number of nitrogens with one attached hydrogen (secondary N) is 4. The van der Waals surface area contributed by atoms with E-state index in [1.165, 1.54) is 30.7 Å². The van der Waals surface area contributed by atoms with Crippen LogP contribution in [0.4, 0.5) is 9.59 Å². The number of hydrogen-bond donors (Lipinski definition) is 4. The fourth-order valence-corrected chi connectivity index (χ4v) is 9.56. The van der Waals surface area contributed by atoms with Gasteiger partial charge in [-0.2, -0.15) is 0 Å². The Labute approximate surface area is 375 Å². The lowest BCUT2D eigenvalue weighted by Gasteiger charge is -2.40. The lowest BCUT2D eigenvalue weighted by Crippen LogP contribution is -2.51. The van der Waals surface area contributed by atoms with Crippen molar-refractivity contribution in [2.45, 2.75) is 104 Å². The Bertz CT molecular complexity index is 2450. The molecular weight excluding hydrogens is 813 g/mol. The number of amides is 4. The summed E-state index contributed by atoms with van der Waals surface area (Å²) in [4.78, 5) is 68.1. The van der Waals surface area contributed by atoms with Gasteiger partial charge >= 0.3 is 12.2 Å². The molecule has 2 fully saturated rings. The molecule has 64 heavy (non-hydrogen) atoms. The number of aromatic nitrogens is 4. The fraction of sp³-hybridized carbons (Fsp3) is 0.469. The minimum absolute atomic E-state index is 0.00194. The van der Waals surface area contributed by atoms with Crippen LogP contribution in [0.5, 0.6) is 11.5 Å². The molecule has 3 aromatic carbocycles. The number of imidazole rings is 2. The number of carbonyl (C=O) groups excluding carboxylic acids is 4. The Morgan fingerprint density at radius 1 is 0.797 bits per heavy atom. The molecule has 4 N–H and O–H groups in total. The zero-order valence-corrected chi connectivity index (χ0v) is 38.2. The number of hydrogen-bond acceptors (Lipinski definition) is 9. The van der Waals surface area contributed by atoms with E-state index in [2.05, 4.69) is 92.7 Å². The molecule has 340 valence electrons. The Balaban J connectivity index is 0.000000324. The second-order valence-corrected chi connectivity index (χ2v) is 17.6. The molecule has 3 atom stereocenters. The average molecular weight is 875 g/mol. The topological polar surface area (TPSA) is 184 Å². The van der Waals surface area contributed by atoms with Crippen LogP contribution in [0, 0.1) is 11.8 Å². The number of likely N-dealkylation sites (tertiary alicyclic amines) is 2. The van der Waals surface area contributed by atoms with Crippen molar-refractivity contribution in [3.05, 3.63) is 84.2 Å². The minimum Gasteiger partial charge on any atom is -0.457 e. The molecule has 0 bridgehead atoms. The van der Waals surface area contributed by atoms with Gasteiger partial charge in [0.25, 0.3) is 0 Å². The number of ether oxygens (including phenoxy) is 3. The molecule has 5 aromatic rings. The molecule has 0 unspecified atom stereocenters. The van der Waals surface area contributed by atoms with E-state index in [0.717, 1.165) is 96.8 Å². The van der Waals surface area contributed by atoms with Crippen LogP contribution < -0.4 is 15.4 Å². The lowest BCUT2D eigenvalue weighted by molar-refractivity contribution is -0.135. The molecular formula is C49H62N8O7. The molecule has 2 aromatic heterocycles. The smallest absolute Gasteiger partial charge is 0.407 e. The maximum absolute atomic E-state index is 13.6. The number of benzene rings is 3. The van der Waals surface area contributed by atoms with E-state index in [9.17, 15) is 19.2 Å². The van der Waals surface area contributed by atoms with Gasteiger partial charge < -0.3 is 44.6 Å². The van der Waals surface area contributed by atoms with E-state index in [4.69, 9.17) is 14.5 Å². The molecule has 4 amide bonds. The fourth-order valence-electron chi connectivity index (χ4n) is 9.56. The van der Waals surface area contributed by atoms with Crippen molar-refractivity contribution in [2.24, 2.45) is 11.8 Å². The van der Waals surface area contributed by atoms with Crippen molar-refractivity contribution in [1.29, 1.82) is 0 Å². The molecule has 3 aliphatic rings. The quantitative estimate of drug-likeness (QED) is 0.101. The second kappa shape index (κ2) is 19.6. The Hall–Kier alpha value is -6.38. The molecule has 0 saturated carbocycles. The highest BCUT2D eigenvalue weighted by atomic mass is 16.5. The Kier molecular flexibility index (Phi) is 14.0. The first-order valence-corrected chi connectivity index (χ1v) is 22.6. The Morgan fingerprint density at radius 2 is 1.45 bits per heavy atom. The van der Waals surface area contributed by atoms with Gasteiger partial charge in [0.05, 0.1) is 50.4 Å². The molecule has 0 aliphatic carbocycles. The maximum Gasteiger partial charge on any atom is 0.407 e. The zero-order valence-electron chi connectivity index (χ0n) is 38.2. The number of fused-ring (bicyclic) bond motifs is 4. The van der Waals surface area contributed by atoms with E-state index >= 15 is 0 Å². The number of alkyl carbamates (subject to hydrolysis) is 2. The molecule has 5 heterocycles. The highest BCUT2D eigenvalue weighted by molar-refractivity contribution is 5.93. The van der Waals surface area contributed by atoms with Crippen LogP contribution in [0.3, 0.4) is 0 Å². The van der Waals surface area contributed by atoms with Gasteiger partial charge in [-0.1, -0.05) is 71.9 Å². The van der Waals surface area contributed by atoms with Crippen molar-refractivity contribution in [1.82, 2.24) is 40.4 Å². The van der Waals surface area contributed by atoms with Gasteiger partial charge in [-0.05, 0) is 79.3 Å². The number of nitrogens with zero attached hydrogens (tertiary/aromatic N) is 4. The first-order valence-electron chi connectivity index (χ1n) is 22.6. The maximum atomic E-state index is 13.6. The summed E-state index contributed by atoms with van der Waals surface area (Å²) >= 11 is 0. The van der Waals surface area contributed by atoms with Crippen LogP contribution in [-0.2, 0) is 24.5 Å². The second-order valence-electron chi connectivity index (χ2n) is 17.6. The van der Waals surface area contributed by atoms with Gasteiger partial charge in [-0.3, -0.25) is 9.59 Å². The first kappa shape index (κ1) is 45.6. The van der Waals surface area contributed by atoms with Crippen molar-refractivity contribution >= 4 is 34.8 Å². The third-order valence-electron chi connectivity index (χ3n) is 13.2. The van der Waals surface area contributed by atoms with Crippen LogP contribution in [0.1, 0.15) is 103 Å². The predicted molar refractivity (Wildman–Crippen MR) is 245 cm³/mol. The number of rotatable bonds is 11. The number of H-pyrrole nitrogens is 2. The first-order chi connectivity index (χ1) is 30.8. The monoisotopic (exact) mass is 874 g/mol. The van der Waals surface area contributed by atoms with Crippen LogP contribution in [-0.4, -0.2) is 99.7 Å². The largest absolute Gasteiger partial charge is 0.457 e. The molecule has 8 rings (SSSR count). The van der Waals surface area contributed by atoms with E-state index in [0.29, 0.717) is 6.54 Å². The van der Waals surface area contributed by atoms with E-state index in [1.54, 1.807) is 11.2 Å². The highest BCUT2D eigenvalue weighted by Crippen LogP contribution is 2.54. The lowest BCUT2D eigenvalue weighted by atomic mass is 9.67. The normalized spacial score (nSPS) is 17.2. The summed E-state index contributed by atoms with van der Waals surface area (Å²) in [6, 6.07) is 15.9. The van der Waals surface area contributed by atoms with Crippen molar-refractivity contribution in [3.8, 4) is 34.0 Å². The third kappa shape index (κ3) is 9.02. The average Bonchev–Trinajstić information content (AvgIpc) is 4.17. The summed E-state index contributed by atoms with van der Waals surface area (Å²) in [6.07, 6.45) is 9.84. The van der Waals surface area contributed by atoms with E-state index in [1.807, 2.05) is 45.0 Å². The molecule has 2 saturated heterocycles. The van der Waals surface area contributed by atoms with Gasteiger partial charge in [-0.25, -0.2) is 19.6 Å². The summed E-state index contributed by atoms with van der Waals surface area (Å²) in [5, 5.41) is 7.61. The SMILES string of the molecule is CCC1(CC)c2ccc(-c3cnc[nH]3)cc2Oc2ccc3cc(-c4cnc([C@@H]5CCCN5C(=O)[C@@H](NC(=O)OC)C(C)C)[nH]4)ccc3c21.COC(=O)N[C@@H](C(=O)N1CCCC1)C(C)C. The zero-order chi connectivity index (χ0) is 45.7. The number of methoxy groups -OCH3 is 2. The van der Waals surface area contributed by atoms with Gasteiger partial charge in [0, 0.05) is 47.3 Å². The third-order valence-corrected chi connectivity index (χ3v) is 13.2. The standard InChI is InChI=1S/C38H42N6O4.C11H20N2O3/c1-6-38(7-2)27-14-11-25(28-19-39-21-41-28)18-32(27)48-31-15-12-23-17-24(10-13-26(23)33(31)38)29-20-40-35(42-29)30-9-8-16-44(30)36(45)34(22(3)4)43-37(46)47-5;1-8(2)9(12-11(15)16-3)10(14)13-6-4-5-7-13/h10-15,17-22,30,34H,6-9,16H2,1-5H3,(H,39,41)(H,40,42)(H,43,46);8-9H,4-7H2,1-3H3,(H,12,15)/t30-,34-;9-/m01/s1. The molecule has 0 spiro atoms. The molecule has 0 radical (unpaired) electrons. The van der Waals surface area contributed by atoms with E-state index < -0.39 is 24.3 Å². The molecule has 15 heteroatoms. The van der Waals surface area contributed by atoms with Crippen molar-refractivity contribution in [2.75, 3.05) is 33.9 Å². The minimum atomic E-state index is -0.674. The van der Waals surface area contributed by atoms with Crippen LogP contribution in [0.2, 0.25) is 0 Å². The summed E-state index contributed by atoms with van der Waals surface area (Å²) in [5.41, 5.74) is 6.14. The predicted octanol–water partition coefficient (Wildman–Crippen LogP) is 8.87. The molecule has 3 aliphatic heterocycles. The highest BCUT2D eigenvalue weighted by Gasteiger charge is 2.41. The van der Waals surface area contributed by atoms with Crippen molar-refractivity contribution in [3.63, 3.8) is 0 Å². The summed E-state index contributed by atoms with van der Waals surface area (Å²) in [7, 11) is 2.60. The van der Waals surface area contributed by atoms with Gasteiger partial charge in [-0.15, -0.1) is 0 Å². The molecule has 15 nitrogen and oxygen atoms in total. The summed E-state index contributed by atoms with van der Waals surface area (Å²) in [5.74, 6) is 2.38. The summed E-state index contributed by atoms with van der Waals surface area (Å²) < 4.78 is 15.9. The van der Waals surface area contributed by atoms with Gasteiger partial charge in [0.1, 0.15) is 29.4 Å². The number of aromatic amines is 2. The van der Waals surface area contributed by atoms with E-state index in [-0.39, 0.29) is 35.1 Å². The van der Waals surface area contributed by atoms with Crippen LogP contribution in [0.25, 0.3) is 33.3 Å². The number of carbonyl (C=O) groups is 4. The van der Waals surface area contributed by atoms with Crippen LogP contribution in [0.15, 0.2) is 67.3 Å². The van der Waals surface area contributed by atoms with Crippen molar-refractivity contribution < 1.29 is 33.4 Å². The van der Waals surface area contributed by atoms with Crippen LogP contribution >= 0.6 is 0 Å². The van der Waals surface area contributed by atoms with Gasteiger partial charge in [0.2, 0.25) is 11.8 Å². The van der Waals surface area contributed by atoms with Gasteiger partial charge in [0.15, 0.2) is 0 Å². The summed E-state index contributed by atoms with van der Waals surface area (Å²) in [6.45, 7) is 14.4.